The molecule has 2 aromatic carbocycles. The average molecular weight is 899 g/mol. The summed E-state index contributed by atoms with van der Waals surface area (Å²) in [4.78, 5) is 23.6. The molecule has 309 valence electrons. The minimum atomic E-state index is 0.549. The second-order valence-corrected chi connectivity index (χ2v) is 15.0. The standard InChI is InChI=1S/C20H19BrN6O.C20H20N6O.C2H3N.BHNS/c21-18-17(12-26-5-7-28-8-6-26)25-20-15(11-24-27(20)19(18)22)14-9-13-3-1-2-4-16(13)23-10-14;21-19-10-16(13-25-5-7-27-8-6-25)24-20-17(12-23-26(19)20)15-9-14-3-1-2-4-18(14)22-11-15;2*1-2-3/h1-4,9-11H,5-8,12,22H2;1-4,9-12H,5-8,13,21H2;1H3;3H. The number of thiol groups is 1. The first-order chi connectivity index (χ1) is 29.8. The van der Waals surface area contributed by atoms with Crippen molar-refractivity contribution in [3.8, 4) is 28.3 Å². The van der Waals surface area contributed by atoms with Crippen LogP contribution in [-0.4, -0.2) is 109 Å². The van der Waals surface area contributed by atoms with Crippen molar-refractivity contribution in [2.24, 2.45) is 4.30 Å². The van der Waals surface area contributed by atoms with Crippen LogP contribution in [0.3, 0.4) is 0 Å². The summed E-state index contributed by atoms with van der Waals surface area (Å²) in [6, 6.07) is 24.0. The number of nitriles is 1. The van der Waals surface area contributed by atoms with Gasteiger partial charge < -0.3 is 20.9 Å². The Kier molecular flexibility index (Phi) is 14.6. The molecule has 0 amide bonds. The molecule has 0 atom stereocenters. The van der Waals surface area contributed by atoms with Crippen LogP contribution in [-0.2, 0) is 22.6 Å². The van der Waals surface area contributed by atoms with Crippen LogP contribution in [0.1, 0.15) is 18.3 Å². The molecular formula is C42H43BBrN14O2S. The van der Waals surface area contributed by atoms with Gasteiger partial charge >= 0.3 is 24.8 Å². The van der Waals surface area contributed by atoms with E-state index in [1.165, 1.54) is 6.92 Å². The Bertz CT molecular complexity index is 2820. The monoisotopic (exact) mass is 897 g/mol. The first kappa shape index (κ1) is 43.2. The van der Waals surface area contributed by atoms with Gasteiger partial charge in [0.25, 0.3) is 0 Å². The molecule has 0 aliphatic carbocycles. The van der Waals surface area contributed by atoms with Gasteiger partial charge in [0.15, 0.2) is 11.3 Å². The SMILES string of the molecule is CC#N.Nc1c(Br)c(CN2CCOCC2)nc2c(-c3cnc4ccccc4c3)cnn12.Nc1cc(CN2CCOCC2)nc2c(-c3cnc4ccccc4c3)cnn12.[B]=NS. The van der Waals surface area contributed by atoms with Crippen molar-refractivity contribution in [2.45, 2.75) is 20.0 Å². The number of benzene rings is 2. The Hall–Kier alpha value is -5.88. The number of ether oxygens (including phenoxy) is 2. The third-order valence-electron chi connectivity index (χ3n) is 10.0. The van der Waals surface area contributed by atoms with Gasteiger partial charge in [-0.1, -0.05) is 36.4 Å². The Morgan fingerprint density at radius 1 is 0.754 bits per heavy atom. The quantitative estimate of drug-likeness (QED) is 0.126. The fraction of sp³-hybridized carbons (Fsp3) is 0.262. The molecule has 2 aliphatic heterocycles. The van der Waals surface area contributed by atoms with Crippen LogP contribution in [0.15, 0.2) is 100 Å². The molecule has 8 heterocycles. The number of para-hydroxylation sites is 2. The number of halogens is 1. The number of anilines is 2. The van der Waals surface area contributed by atoms with Crippen LogP contribution >= 0.6 is 28.7 Å². The number of fused-ring (bicyclic) bond motifs is 4. The summed E-state index contributed by atoms with van der Waals surface area (Å²) in [6.45, 7) is 9.51. The molecule has 10 rings (SSSR count). The number of rotatable bonds is 6. The summed E-state index contributed by atoms with van der Waals surface area (Å²) in [7, 11) is 4.34. The molecule has 0 unspecified atom stereocenters. The van der Waals surface area contributed by atoms with Gasteiger partial charge in [0.05, 0.1) is 71.8 Å². The van der Waals surface area contributed by atoms with Gasteiger partial charge in [0, 0.05) is 97.7 Å². The number of pyridine rings is 2. The molecular weight excluding hydrogens is 855 g/mol. The normalized spacial score (nSPS) is 14.3. The topological polar surface area (TPSA) is 199 Å². The molecule has 4 N–H and O–H groups in total. The van der Waals surface area contributed by atoms with Gasteiger partial charge in [-0.2, -0.15) is 24.5 Å². The van der Waals surface area contributed by atoms with E-state index in [0.29, 0.717) is 18.2 Å². The molecule has 0 bridgehead atoms. The van der Waals surface area contributed by atoms with Crippen LogP contribution in [0.5, 0.6) is 0 Å². The van der Waals surface area contributed by atoms with Crippen molar-refractivity contribution in [2.75, 3.05) is 64.1 Å². The summed E-state index contributed by atoms with van der Waals surface area (Å²) in [6.07, 6.45) is 7.34. The third-order valence-corrected chi connectivity index (χ3v) is 10.9. The molecule has 16 nitrogen and oxygen atoms in total. The molecule has 8 aromatic rings. The first-order valence-electron chi connectivity index (χ1n) is 19.4. The van der Waals surface area contributed by atoms with Crippen molar-refractivity contribution >= 4 is 81.1 Å². The average Bonchev–Trinajstić information content (AvgIpc) is 3.92. The number of nitrogens with two attached hydrogens (primary N) is 2. The predicted octanol–water partition coefficient (Wildman–Crippen LogP) is 6.19. The van der Waals surface area contributed by atoms with Gasteiger partial charge in [-0.15, -0.1) is 0 Å². The molecule has 2 aliphatic rings. The van der Waals surface area contributed by atoms with E-state index in [9.17, 15) is 0 Å². The molecule has 19 heteroatoms. The zero-order valence-electron chi connectivity index (χ0n) is 33.5. The number of nitrogens with zero attached hydrogens (tertiary/aromatic N) is 12. The second-order valence-electron chi connectivity index (χ2n) is 14.0. The zero-order chi connectivity index (χ0) is 42.7. The number of nitrogen functional groups attached to an aromatic ring is 2. The van der Waals surface area contributed by atoms with Gasteiger partial charge in [-0.3, -0.25) is 19.8 Å². The van der Waals surface area contributed by atoms with E-state index >= 15 is 0 Å². The van der Waals surface area contributed by atoms with E-state index in [2.05, 4.69) is 94.9 Å². The molecule has 0 spiro atoms. The molecule has 1 radical (unpaired) electrons. The Morgan fingerprint density at radius 2 is 1.23 bits per heavy atom. The van der Waals surface area contributed by atoms with Crippen molar-refractivity contribution in [1.82, 2.24) is 49.0 Å². The third kappa shape index (κ3) is 10.2. The van der Waals surface area contributed by atoms with Crippen molar-refractivity contribution in [3.63, 3.8) is 0 Å². The number of hydrogen-bond acceptors (Lipinski definition) is 15. The maximum absolute atomic E-state index is 7.32. The van der Waals surface area contributed by atoms with Crippen LogP contribution < -0.4 is 11.5 Å². The zero-order valence-corrected chi connectivity index (χ0v) is 36.0. The molecule has 61 heavy (non-hydrogen) atoms. The maximum atomic E-state index is 7.32. The van der Waals surface area contributed by atoms with E-state index in [4.69, 9.17) is 36.2 Å². The summed E-state index contributed by atoms with van der Waals surface area (Å²) >= 11 is 6.80. The van der Waals surface area contributed by atoms with E-state index in [0.717, 1.165) is 130 Å². The van der Waals surface area contributed by atoms with Crippen LogP contribution in [0.25, 0.3) is 55.4 Å². The van der Waals surface area contributed by atoms with E-state index in [-0.39, 0.29) is 0 Å². The van der Waals surface area contributed by atoms with E-state index in [1.807, 2.05) is 61.1 Å². The van der Waals surface area contributed by atoms with Crippen LogP contribution in [0.4, 0.5) is 11.6 Å². The Balaban J connectivity index is 0.000000163. The molecule has 6 aromatic heterocycles. The van der Waals surface area contributed by atoms with Crippen molar-refractivity contribution < 1.29 is 9.47 Å². The van der Waals surface area contributed by atoms with E-state index in [1.54, 1.807) is 21.3 Å². The van der Waals surface area contributed by atoms with Crippen molar-refractivity contribution in [1.29, 1.82) is 5.26 Å². The summed E-state index contributed by atoms with van der Waals surface area (Å²) < 4.78 is 17.7. The van der Waals surface area contributed by atoms with Crippen LogP contribution in [0, 0.1) is 11.3 Å². The minimum absolute atomic E-state index is 0.549. The number of hydrogen-bond donors (Lipinski definition) is 3. The second kappa shape index (κ2) is 20.6. The fourth-order valence-corrected chi connectivity index (χ4v) is 7.45. The predicted molar refractivity (Wildman–Crippen MR) is 245 cm³/mol. The van der Waals surface area contributed by atoms with Crippen molar-refractivity contribution in [3.05, 3.63) is 107 Å². The summed E-state index contributed by atoms with van der Waals surface area (Å²) in [5.74, 6) is 1.14. The molecule has 2 fully saturated rings. The summed E-state index contributed by atoms with van der Waals surface area (Å²) in [5, 5.41) is 18.4. The number of morpholine rings is 2. The number of aromatic nitrogens is 8. The molecule has 0 saturated carbocycles. The summed E-state index contributed by atoms with van der Waals surface area (Å²) in [5.41, 5.74) is 21.7. The Labute approximate surface area is 367 Å². The van der Waals surface area contributed by atoms with Gasteiger partial charge in [0.2, 0.25) is 0 Å². The molecule has 2 saturated heterocycles. The van der Waals surface area contributed by atoms with Gasteiger partial charge in [-0.25, -0.2) is 9.97 Å². The Morgan fingerprint density at radius 3 is 1.77 bits per heavy atom. The fourth-order valence-electron chi connectivity index (χ4n) is 7.07. The van der Waals surface area contributed by atoms with Gasteiger partial charge in [-0.05, 0) is 40.2 Å². The van der Waals surface area contributed by atoms with E-state index < -0.39 is 0 Å². The van der Waals surface area contributed by atoms with Gasteiger partial charge in [0.1, 0.15) is 11.6 Å². The first-order valence-corrected chi connectivity index (χ1v) is 20.6. The van der Waals surface area contributed by atoms with Crippen LogP contribution in [0.2, 0.25) is 0 Å².